The van der Waals surface area contributed by atoms with E-state index in [1.165, 1.54) is 0 Å². The van der Waals surface area contributed by atoms with Gasteiger partial charge in [-0.15, -0.1) is 0 Å². The first kappa shape index (κ1) is 20.8. The minimum atomic E-state index is -1.06. The van der Waals surface area contributed by atoms with Crippen LogP contribution in [-0.2, 0) is 16.1 Å². The van der Waals surface area contributed by atoms with Gasteiger partial charge in [-0.3, -0.25) is 4.79 Å². The van der Waals surface area contributed by atoms with Crippen LogP contribution in [0.15, 0.2) is 65.1 Å². The maximum absolute atomic E-state index is 12.7. The second kappa shape index (κ2) is 8.43. The second-order valence-electron chi connectivity index (χ2n) is 7.63. The molecule has 0 aliphatic carbocycles. The average molecular weight is 439 g/mol. The Morgan fingerprint density at radius 2 is 2.06 bits per heavy atom. The molecule has 0 unspecified atom stereocenters. The zero-order valence-electron chi connectivity index (χ0n) is 17.6. The molecule has 0 radical (unpaired) electrons. The van der Waals surface area contributed by atoms with E-state index in [1.54, 1.807) is 61.5 Å². The number of benzene rings is 3. The van der Waals surface area contributed by atoms with Gasteiger partial charge in [0.2, 0.25) is 5.89 Å². The molecular formula is C24H18BN3O5. The van der Waals surface area contributed by atoms with Crippen LogP contribution >= 0.6 is 0 Å². The molecule has 1 amide bonds. The third-order valence-electron chi connectivity index (χ3n) is 5.39. The summed E-state index contributed by atoms with van der Waals surface area (Å²) in [5.41, 5.74) is 4.40. The Labute approximate surface area is 189 Å². The molecule has 2 heterocycles. The molecule has 3 aromatic carbocycles. The van der Waals surface area contributed by atoms with Crippen LogP contribution in [0.5, 0.6) is 5.75 Å². The predicted octanol–water partition coefficient (Wildman–Crippen LogP) is 2.99. The Morgan fingerprint density at radius 1 is 1.24 bits per heavy atom. The van der Waals surface area contributed by atoms with Crippen LogP contribution in [0.4, 0.5) is 5.69 Å². The number of ether oxygens (including phenoxy) is 1. The number of nitrogens with one attached hydrogen (secondary N) is 1. The van der Waals surface area contributed by atoms with Gasteiger partial charge in [0.1, 0.15) is 11.3 Å². The number of amides is 1. The molecule has 8 nitrogen and oxygen atoms in total. The van der Waals surface area contributed by atoms with Gasteiger partial charge in [0, 0.05) is 16.7 Å². The maximum Gasteiger partial charge on any atom is 0.495 e. The summed E-state index contributed by atoms with van der Waals surface area (Å²) in [4.78, 5) is 17.2. The van der Waals surface area contributed by atoms with Gasteiger partial charge in [0.15, 0.2) is 11.7 Å². The quantitative estimate of drug-likeness (QED) is 0.459. The summed E-state index contributed by atoms with van der Waals surface area (Å²) in [5, 5.41) is 21.8. The van der Waals surface area contributed by atoms with E-state index < -0.39 is 13.2 Å². The molecule has 0 fully saturated rings. The van der Waals surface area contributed by atoms with Gasteiger partial charge in [-0.1, -0.05) is 12.1 Å². The van der Waals surface area contributed by atoms with E-state index in [4.69, 9.17) is 19.1 Å². The van der Waals surface area contributed by atoms with Crippen LogP contribution in [0.2, 0.25) is 0 Å². The van der Waals surface area contributed by atoms with E-state index in [1.807, 2.05) is 6.07 Å². The van der Waals surface area contributed by atoms with E-state index in [-0.39, 0.29) is 5.91 Å². The number of anilines is 1. The van der Waals surface area contributed by atoms with Crippen LogP contribution in [0, 0.1) is 11.3 Å². The molecule has 4 aromatic rings. The van der Waals surface area contributed by atoms with Crippen molar-refractivity contribution in [3.05, 3.63) is 71.8 Å². The second-order valence-corrected chi connectivity index (χ2v) is 7.63. The fourth-order valence-electron chi connectivity index (χ4n) is 3.65. The van der Waals surface area contributed by atoms with E-state index in [0.717, 1.165) is 11.1 Å². The zero-order valence-corrected chi connectivity index (χ0v) is 17.6. The highest BCUT2D eigenvalue weighted by Crippen LogP contribution is 2.27. The molecule has 1 aromatic heterocycles. The summed E-state index contributed by atoms with van der Waals surface area (Å²) in [7, 11) is -1.06. The molecule has 1 atom stereocenters. The van der Waals surface area contributed by atoms with Crippen LogP contribution in [0.3, 0.4) is 0 Å². The molecule has 0 saturated heterocycles. The Morgan fingerprint density at radius 3 is 2.85 bits per heavy atom. The number of fused-ring (bicyclic) bond motifs is 2. The minimum absolute atomic E-state index is 0.302. The number of carbonyl (C=O) groups excluding carboxylic acids is 1. The molecule has 162 valence electrons. The van der Waals surface area contributed by atoms with Crippen LogP contribution in [0.1, 0.15) is 18.1 Å². The molecule has 0 spiro atoms. The highest BCUT2D eigenvalue weighted by Gasteiger charge is 2.32. The summed E-state index contributed by atoms with van der Waals surface area (Å²) in [6.07, 6.45) is -0.813. The third-order valence-corrected chi connectivity index (χ3v) is 5.39. The van der Waals surface area contributed by atoms with Crippen LogP contribution in [0.25, 0.3) is 22.6 Å². The molecule has 5 rings (SSSR count). The first-order chi connectivity index (χ1) is 16.0. The summed E-state index contributed by atoms with van der Waals surface area (Å²) < 4.78 is 16.9. The smallest absolute Gasteiger partial charge is 0.481 e. The molecule has 0 bridgehead atoms. The first-order valence-corrected chi connectivity index (χ1v) is 10.3. The lowest BCUT2D eigenvalue weighted by atomic mass is 9.79. The van der Waals surface area contributed by atoms with Crippen molar-refractivity contribution in [2.24, 2.45) is 0 Å². The van der Waals surface area contributed by atoms with Crippen molar-refractivity contribution in [2.75, 3.05) is 5.32 Å². The number of hydrogen-bond donors (Lipinski definition) is 2. The lowest BCUT2D eigenvalue weighted by Crippen LogP contribution is -2.35. The SMILES string of the molecule is C[C@H](Oc1cccc2c1B(O)OC2)C(=O)Nc1ccc2oc(-c3ccc(C#N)cc3)nc2c1. The van der Waals surface area contributed by atoms with Crippen LogP contribution < -0.4 is 15.5 Å². The molecule has 1 aliphatic rings. The third kappa shape index (κ3) is 4.05. The van der Waals surface area contributed by atoms with E-state index >= 15 is 0 Å². The Bertz CT molecular complexity index is 1390. The van der Waals surface area contributed by atoms with Gasteiger partial charge in [-0.25, -0.2) is 4.98 Å². The summed E-state index contributed by atoms with van der Waals surface area (Å²) in [6, 6.07) is 19.5. The summed E-state index contributed by atoms with van der Waals surface area (Å²) >= 11 is 0. The zero-order chi connectivity index (χ0) is 22.9. The maximum atomic E-state index is 12.7. The number of rotatable bonds is 5. The summed E-state index contributed by atoms with van der Waals surface area (Å²) in [5.74, 6) is 0.490. The Hall–Kier alpha value is -4.13. The van der Waals surface area contributed by atoms with Crippen molar-refractivity contribution in [3.63, 3.8) is 0 Å². The standard InChI is InChI=1S/C24H18BN3O5/c1-14(32-21-4-2-3-17-13-31-25(30)22(17)21)23(29)27-18-9-10-20-19(11-18)28-24(33-20)16-7-5-15(12-26)6-8-16/h2-11,14,30H,13H2,1H3,(H,27,29)/t14-/m0/s1. The molecule has 2 N–H and O–H groups in total. The summed E-state index contributed by atoms with van der Waals surface area (Å²) in [6.45, 7) is 1.94. The van der Waals surface area contributed by atoms with Crippen molar-refractivity contribution in [1.29, 1.82) is 5.26 Å². The van der Waals surface area contributed by atoms with Crippen molar-refractivity contribution >= 4 is 35.3 Å². The Balaban J connectivity index is 1.31. The van der Waals surface area contributed by atoms with Crippen molar-refractivity contribution < 1.29 is 23.6 Å². The average Bonchev–Trinajstić information content (AvgIpc) is 3.43. The number of nitriles is 1. The van der Waals surface area contributed by atoms with Gasteiger partial charge in [0.25, 0.3) is 5.91 Å². The molecular weight excluding hydrogens is 421 g/mol. The number of carbonyl (C=O) groups is 1. The fraction of sp³-hybridized carbons (Fsp3) is 0.125. The number of nitrogens with zero attached hydrogens (tertiary/aromatic N) is 2. The van der Waals surface area contributed by atoms with Crippen molar-refractivity contribution in [2.45, 2.75) is 19.6 Å². The van der Waals surface area contributed by atoms with Gasteiger partial charge in [-0.2, -0.15) is 5.26 Å². The molecule has 33 heavy (non-hydrogen) atoms. The number of hydrogen-bond acceptors (Lipinski definition) is 7. The molecule has 0 saturated carbocycles. The predicted molar refractivity (Wildman–Crippen MR) is 122 cm³/mol. The number of oxazole rings is 1. The first-order valence-electron chi connectivity index (χ1n) is 10.3. The van der Waals surface area contributed by atoms with E-state index in [0.29, 0.717) is 46.1 Å². The van der Waals surface area contributed by atoms with E-state index in [9.17, 15) is 9.82 Å². The topological polar surface area (TPSA) is 118 Å². The Kier molecular flexibility index (Phi) is 5.30. The van der Waals surface area contributed by atoms with Crippen molar-refractivity contribution in [1.82, 2.24) is 4.98 Å². The van der Waals surface area contributed by atoms with Gasteiger partial charge < -0.3 is 24.1 Å². The largest absolute Gasteiger partial charge is 0.495 e. The van der Waals surface area contributed by atoms with Crippen LogP contribution in [-0.4, -0.2) is 29.1 Å². The lowest BCUT2D eigenvalue weighted by Gasteiger charge is -2.17. The minimum Gasteiger partial charge on any atom is -0.481 e. The fourth-order valence-corrected chi connectivity index (χ4v) is 3.65. The normalized spacial score (nSPS) is 13.4. The lowest BCUT2D eigenvalue weighted by molar-refractivity contribution is -0.122. The van der Waals surface area contributed by atoms with Gasteiger partial charge in [0.05, 0.1) is 18.2 Å². The monoisotopic (exact) mass is 439 g/mol. The van der Waals surface area contributed by atoms with Gasteiger partial charge >= 0.3 is 7.12 Å². The van der Waals surface area contributed by atoms with Crippen molar-refractivity contribution in [3.8, 4) is 23.3 Å². The molecule has 9 heteroatoms. The highest BCUT2D eigenvalue weighted by atomic mass is 16.5. The number of aromatic nitrogens is 1. The van der Waals surface area contributed by atoms with E-state index in [2.05, 4.69) is 16.4 Å². The molecule has 1 aliphatic heterocycles. The highest BCUT2D eigenvalue weighted by molar-refractivity contribution is 6.62. The van der Waals surface area contributed by atoms with Gasteiger partial charge in [-0.05, 0) is 61.0 Å².